The second-order valence-electron chi connectivity index (χ2n) is 5.44. The number of aliphatic hydroxyl groups excluding tert-OH is 1. The average Bonchev–Trinajstić information content (AvgIpc) is 2.97. The standard InChI is InChI=1S/C17H23N3O3/c1-4-20(11-15-9-18-19(3)10-15)17(22)13(2)23-16-7-5-6-14(8-16)12-21/h5-10,13,21H,4,11-12H2,1-3H3. The van der Waals surface area contributed by atoms with Gasteiger partial charge >= 0.3 is 0 Å². The lowest BCUT2D eigenvalue weighted by Crippen LogP contribution is -2.39. The Bertz CT molecular complexity index is 654. The molecule has 1 aromatic heterocycles. The number of hydrogen-bond acceptors (Lipinski definition) is 4. The highest BCUT2D eigenvalue weighted by molar-refractivity contribution is 5.80. The largest absolute Gasteiger partial charge is 0.481 e. The van der Waals surface area contributed by atoms with Crippen molar-refractivity contribution in [3.8, 4) is 5.75 Å². The summed E-state index contributed by atoms with van der Waals surface area (Å²) in [7, 11) is 1.85. The first-order valence-electron chi connectivity index (χ1n) is 7.66. The zero-order valence-electron chi connectivity index (χ0n) is 13.8. The van der Waals surface area contributed by atoms with E-state index in [2.05, 4.69) is 5.10 Å². The first-order chi connectivity index (χ1) is 11.0. The molecular weight excluding hydrogens is 294 g/mol. The van der Waals surface area contributed by atoms with Crippen LogP contribution in [0.15, 0.2) is 36.7 Å². The van der Waals surface area contributed by atoms with E-state index in [1.54, 1.807) is 47.0 Å². The molecule has 1 N–H and O–H groups in total. The van der Waals surface area contributed by atoms with E-state index in [9.17, 15) is 4.79 Å². The maximum atomic E-state index is 12.6. The van der Waals surface area contributed by atoms with Crippen molar-refractivity contribution in [3.05, 3.63) is 47.8 Å². The second kappa shape index (κ2) is 7.78. The Morgan fingerprint density at radius 2 is 2.22 bits per heavy atom. The maximum Gasteiger partial charge on any atom is 0.263 e. The number of benzene rings is 1. The van der Waals surface area contributed by atoms with Crippen LogP contribution in [0.3, 0.4) is 0 Å². The Hall–Kier alpha value is -2.34. The van der Waals surface area contributed by atoms with Gasteiger partial charge in [-0.2, -0.15) is 5.10 Å². The van der Waals surface area contributed by atoms with Gasteiger partial charge in [0, 0.05) is 31.9 Å². The summed E-state index contributed by atoms with van der Waals surface area (Å²) in [5, 5.41) is 13.3. The van der Waals surface area contributed by atoms with E-state index in [-0.39, 0.29) is 12.5 Å². The molecule has 1 aromatic carbocycles. The number of aryl methyl sites for hydroxylation is 1. The molecule has 6 nitrogen and oxygen atoms in total. The van der Waals surface area contributed by atoms with Gasteiger partial charge in [0.25, 0.3) is 5.91 Å². The number of aliphatic hydroxyl groups is 1. The molecule has 124 valence electrons. The van der Waals surface area contributed by atoms with Gasteiger partial charge in [-0.05, 0) is 31.5 Å². The minimum Gasteiger partial charge on any atom is -0.481 e. The van der Waals surface area contributed by atoms with E-state index >= 15 is 0 Å². The van der Waals surface area contributed by atoms with E-state index in [1.165, 1.54) is 0 Å². The number of aromatic nitrogens is 2. The van der Waals surface area contributed by atoms with Crippen molar-refractivity contribution >= 4 is 5.91 Å². The van der Waals surface area contributed by atoms with Crippen LogP contribution in [0, 0.1) is 0 Å². The fourth-order valence-corrected chi connectivity index (χ4v) is 2.35. The van der Waals surface area contributed by atoms with Crippen LogP contribution in [0.5, 0.6) is 5.75 Å². The number of amides is 1. The summed E-state index contributed by atoms with van der Waals surface area (Å²) in [5.74, 6) is 0.501. The second-order valence-corrected chi connectivity index (χ2v) is 5.44. The van der Waals surface area contributed by atoms with Crippen molar-refractivity contribution in [2.75, 3.05) is 6.54 Å². The SMILES string of the molecule is CCN(Cc1cnn(C)c1)C(=O)C(C)Oc1cccc(CO)c1. The average molecular weight is 317 g/mol. The lowest BCUT2D eigenvalue weighted by molar-refractivity contribution is -0.138. The molecule has 1 atom stereocenters. The quantitative estimate of drug-likeness (QED) is 0.844. The van der Waals surface area contributed by atoms with Crippen molar-refractivity contribution in [3.63, 3.8) is 0 Å². The van der Waals surface area contributed by atoms with Gasteiger partial charge in [0.1, 0.15) is 5.75 Å². The van der Waals surface area contributed by atoms with Gasteiger partial charge in [-0.1, -0.05) is 12.1 Å². The third-order valence-electron chi connectivity index (χ3n) is 3.57. The zero-order chi connectivity index (χ0) is 16.8. The maximum absolute atomic E-state index is 12.6. The molecular formula is C17H23N3O3. The van der Waals surface area contributed by atoms with Crippen LogP contribution in [0.25, 0.3) is 0 Å². The normalized spacial score (nSPS) is 12.0. The molecule has 0 saturated carbocycles. The Morgan fingerprint density at radius 1 is 1.43 bits per heavy atom. The van der Waals surface area contributed by atoms with Crippen molar-refractivity contribution < 1.29 is 14.6 Å². The number of rotatable bonds is 7. The molecule has 1 unspecified atom stereocenters. The highest BCUT2D eigenvalue weighted by Gasteiger charge is 2.21. The number of hydrogen-bond donors (Lipinski definition) is 1. The molecule has 0 spiro atoms. The summed E-state index contributed by atoms with van der Waals surface area (Å²) in [6, 6.07) is 7.12. The van der Waals surface area contributed by atoms with Crippen LogP contribution in [0.2, 0.25) is 0 Å². The molecule has 0 bridgehead atoms. The summed E-state index contributed by atoms with van der Waals surface area (Å²) in [6.45, 7) is 4.72. The van der Waals surface area contributed by atoms with Gasteiger partial charge in [0.05, 0.1) is 12.8 Å². The van der Waals surface area contributed by atoms with Crippen molar-refractivity contribution in [2.24, 2.45) is 7.05 Å². The first-order valence-corrected chi connectivity index (χ1v) is 7.66. The van der Waals surface area contributed by atoms with Crippen LogP contribution in [-0.2, 0) is 25.0 Å². The van der Waals surface area contributed by atoms with Gasteiger partial charge in [-0.15, -0.1) is 0 Å². The third kappa shape index (κ3) is 4.56. The molecule has 0 saturated heterocycles. The molecule has 23 heavy (non-hydrogen) atoms. The van der Waals surface area contributed by atoms with Gasteiger partial charge in [0.2, 0.25) is 0 Å². The van der Waals surface area contributed by atoms with E-state index in [4.69, 9.17) is 9.84 Å². The lowest BCUT2D eigenvalue weighted by atomic mass is 10.2. The molecule has 0 aliphatic carbocycles. The van der Waals surface area contributed by atoms with E-state index < -0.39 is 6.10 Å². The highest BCUT2D eigenvalue weighted by Crippen LogP contribution is 2.16. The van der Waals surface area contributed by atoms with Crippen LogP contribution < -0.4 is 4.74 Å². The summed E-state index contributed by atoms with van der Waals surface area (Å²) in [4.78, 5) is 14.3. The fraction of sp³-hybridized carbons (Fsp3) is 0.412. The van der Waals surface area contributed by atoms with Gasteiger partial charge in [0.15, 0.2) is 6.10 Å². The summed E-state index contributed by atoms with van der Waals surface area (Å²) in [6.07, 6.45) is 3.05. The topological polar surface area (TPSA) is 67.6 Å². The monoisotopic (exact) mass is 317 g/mol. The summed E-state index contributed by atoms with van der Waals surface area (Å²) < 4.78 is 7.44. The number of ether oxygens (including phenoxy) is 1. The molecule has 0 radical (unpaired) electrons. The highest BCUT2D eigenvalue weighted by atomic mass is 16.5. The van der Waals surface area contributed by atoms with Gasteiger partial charge < -0.3 is 14.7 Å². The van der Waals surface area contributed by atoms with Crippen molar-refractivity contribution in [1.29, 1.82) is 0 Å². The molecule has 0 fully saturated rings. The predicted molar refractivity (Wildman–Crippen MR) is 86.8 cm³/mol. The summed E-state index contributed by atoms with van der Waals surface area (Å²) >= 11 is 0. The summed E-state index contributed by atoms with van der Waals surface area (Å²) in [5.41, 5.74) is 1.74. The Labute approximate surface area is 136 Å². The van der Waals surface area contributed by atoms with Crippen molar-refractivity contribution in [1.82, 2.24) is 14.7 Å². The van der Waals surface area contributed by atoms with Crippen LogP contribution >= 0.6 is 0 Å². The van der Waals surface area contributed by atoms with Gasteiger partial charge in [-0.3, -0.25) is 9.48 Å². The minimum atomic E-state index is -0.597. The van der Waals surface area contributed by atoms with Crippen LogP contribution in [-0.4, -0.2) is 38.3 Å². The van der Waals surface area contributed by atoms with E-state index in [1.807, 2.05) is 20.2 Å². The first kappa shape index (κ1) is 17.0. The molecule has 0 aliphatic heterocycles. The van der Waals surface area contributed by atoms with E-state index in [0.717, 1.165) is 11.1 Å². The third-order valence-corrected chi connectivity index (χ3v) is 3.57. The zero-order valence-corrected chi connectivity index (χ0v) is 13.8. The fourth-order valence-electron chi connectivity index (χ4n) is 2.35. The predicted octanol–water partition coefficient (Wildman–Crippen LogP) is 1.73. The number of carbonyl (C=O) groups excluding carboxylic acids is 1. The Kier molecular flexibility index (Phi) is 5.76. The molecule has 2 rings (SSSR count). The van der Waals surface area contributed by atoms with Crippen LogP contribution in [0.1, 0.15) is 25.0 Å². The van der Waals surface area contributed by atoms with Gasteiger partial charge in [-0.25, -0.2) is 0 Å². The molecule has 6 heteroatoms. The molecule has 1 heterocycles. The Balaban J connectivity index is 2.01. The smallest absolute Gasteiger partial charge is 0.263 e. The van der Waals surface area contributed by atoms with Crippen molar-refractivity contribution in [2.45, 2.75) is 33.1 Å². The molecule has 1 amide bonds. The number of carbonyl (C=O) groups is 1. The van der Waals surface area contributed by atoms with Crippen LogP contribution in [0.4, 0.5) is 0 Å². The number of nitrogens with zero attached hydrogens (tertiary/aromatic N) is 3. The number of likely N-dealkylation sites (N-methyl/N-ethyl adjacent to an activating group) is 1. The van der Waals surface area contributed by atoms with E-state index in [0.29, 0.717) is 18.8 Å². The lowest BCUT2D eigenvalue weighted by Gasteiger charge is -2.24. The minimum absolute atomic E-state index is 0.0539. The Morgan fingerprint density at radius 3 is 2.83 bits per heavy atom. The molecule has 0 aliphatic rings. The molecule has 2 aromatic rings.